The van der Waals surface area contributed by atoms with E-state index < -0.39 is 0 Å². The minimum Gasteiger partial charge on any atom is -0.315 e. The molecule has 1 aromatic carbocycles. The second kappa shape index (κ2) is 9.59. The maximum atomic E-state index is 10.9. The Kier molecular flexibility index (Phi) is 9.00. The standard InChI is InChI=1S/C12H15NO.C5H12.C2H6/c1-12(2)7-8-13(9-14)11-6-4-3-5-10(11)12;1-4-5(2)3;1-2/h3-6,9H,7-8H2,1-2H3;5H,4H2,1-3H3;1-2H3. The third-order valence-corrected chi connectivity index (χ3v) is 3.86. The Labute approximate surface area is 131 Å². The van der Waals surface area contributed by atoms with E-state index in [1.54, 1.807) is 4.90 Å². The number of amides is 1. The first-order chi connectivity index (χ1) is 9.92. The van der Waals surface area contributed by atoms with Crippen molar-refractivity contribution in [1.29, 1.82) is 0 Å². The van der Waals surface area contributed by atoms with Gasteiger partial charge in [-0.05, 0) is 29.4 Å². The number of anilines is 1. The van der Waals surface area contributed by atoms with Crippen molar-refractivity contribution in [3.05, 3.63) is 29.8 Å². The lowest BCUT2D eigenvalue weighted by Gasteiger charge is -2.37. The number of hydrogen-bond donors (Lipinski definition) is 0. The van der Waals surface area contributed by atoms with Crippen molar-refractivity contribution in [3.8, 4) is 0 Å². The molecule has 0 bridgehead atoms. The summed E-state index contributed by atoms with van der Waals surface area (Å²) in [7, 11) is 0. The van der Waals surface area contributed by atoms with Gasteiger partial charge >= 0.3 is 0 Å². The predicted molar refractivity (Wildman–Crippen MR) is 94.0 cm³/mol. The molecule has 2 heteroatoms. The zero-order valence-electron chi connectivity index (χ0n) is 14.9. The summed E-state index contributed by atoms with van der Waals surface area (Å²) in [6.07, 6.45) is 3.26. The van der Waals surface area contributed by atoms with Crippen LogP contribution < -0.4 is 4.90 Å². The molecule has 1 aromatic rings. The molecule has 0 aliphatic carbocycles. The van der Waals surface area contributed by atoms with Crippen molar-refractivity contribution in [3.63, 3.8) is 0 Å². The van der Waals surface area contributed by atoms with E-state index in [2.05, 4.69) is 40.7 Å². The zero-order valence-corrected chi connectivity index (χ0v) is 14.9. The van der Waals surface area contributed by atoms with Gasteiger partial charge in [0.05, 0.1) is 0 Å². The average Bonchev–Trinajstić information content (AvgIpc) is 2.50. The van der Waals surface area contributed by atoms with Gasteiger partial charge in [0.2, 0.25) is 6.41 Å². The number of nitrogens with zero attached hydrogens (tertiary/aromatic N) is 1. The normalized spacial score (nSPS) is 15.1. The van der Waals surface area contributed by atoms with Crippen molar-refractivity contribution in [2.75, 3.05) is 11.4 Å². The molecule has 0 radical (unpaired) electrons. The highest BCUT2D eigenvalue weighted by Gasteiger charge is 2.30. The van der Waals surface area contributed by atoms with Gasteiger partial charge in [-0.25, -0.2) is 0 Å². The molecule has 120 valence electrons. The van der Waals surface area contributed by atoms with Gasteiger partial charge in [0.1, 0.15) is 0 Å². The van der Waals surface area contributed by atoms with Crippen molar-refractivity contribution in [1.82, 2.24) is 0 Å². The van der Waals surface area contributed by atoms with Gasteiger partial charge in [-0.15, -0.1) is 0 Å². The van der Waals surface area contributed by atoms with Crippen LogP contribution in [0.3, 0.4) is 0 Å². The van der Waals surface area contributed by atoms with Gasteiger partial charge in [0.15, 0.2) is 0 Å². The molecule has 2 rings (SSSR count). The topological polar surface area (TPSA) is 20.3 Å². The summed E-state index contributed by atoms with van der Waals surface area (Å²) in [6.45, 7) is 15.9. The molecule has 1 amide bonds. The Balaban J connectivity index is 0.000000489. The van der Waals surface area contributed by atoms with E-state index in [0.717, 1.165) is 31.0 Å². The number of carbonyl (C=O) groups is 1. The molecule has 0 N–H and O–H groups in total. The smallest absolute Gasteiger partial charge is 0.214 e. The highest BCUT2D eigenvalue weighted by molar-refractivity contribution is 5.78. The summed E-state index contributed by atoms with van der Waals surface area (Å²) in [5.41, 5.74) is 2.54. The minimum atomic E-state index is 0.191. The molecule has 21 heavy (non-hydrogen) atoms. The molecule has 0 atom stereocenters. The first-order valence-electron chi connectivity index (χ1n) is 8.23. The van der Waals surface area contributed by atoms with Crippen LogP contribution in [0.5, 0.6) is 0 Å². The van der Waals surface area contributed by atoms with Crippen LogP contribution in [-0.2, 0) is 10.2 Å². The van der Waals surface area contributed by atoms with E-state index in [0.29, 0.717) is 0 Å². The maximum absolute atomic E-state index is 10.9. The van der Waals surface area contributed by atoms with E-state index in [1.165, 1.54) is 12.0 Å². The summed E-state index contributed by atoms with van der Waals surface area (Å²) in [4.78, 5) is 12.7. The Hall–Kier alpha value is -1.31. The number of fused-ring (bicyclic) bond motifs is 1. The number of hydrogen-bond acceptors (Lipinski definition) is 1. The lowest BCUT2D eigenvalue weighted by molar-refractivity contribution is -0.107. The molecule has 1 aliphatic heterocycles. The number of para-hydroxylation sites is 1. The van der Waals surface area contributed by atoms with Crippen LogP contribution in [0.4, 0.5) is 5.69 Å². The van der Waals surface area contributed by atoms with Crippen LogP contribution >= 0.6 is 0 Å². The fourth-order valence-corrected chi connectivity index (χ4v) is 2.06. The van der Waals surface area contributed by atoms with Gasteiger partial charge in [0, 0.05) is 12.2 Å². The van der Waals surface area contributed by atoms with Gasteiger partial charge in [-0.2, -0.15) is 0 Å². The van der Waals surface area contributed by atoms with Crippen molar-refractivity contribution < 1.29 is 4.79 Å². The van der Waals surface area contributed by atoms with E-state index in [1.807, 2.05) is 32.0 Å². The fourth-order valence-electron chi connectivity index (χ4n) is 2.06. The lowest BCUT2D eigenvalue weighted by Crippen LogP contribution is -2.36. The first-order valence-corrected chi connectivity index (χ1v) is 8.23. The fraction of sp³-hybridized carbons (Fsp3) is 0.632. The van der Waals surface area contributed by atoms with E-state index in [4.69, 9.17) is 0 Å². The van der Waals surface area contributed by atoms with Crippen LogP contribution in [0, 0.1) is 5.92 Å². The second-order valence-corrected chi connectivity index (χ2v) is 6.25. The van der Waals surface area contributed by atoms with Crippen LogP contribution in [0.2, 0.25) is 0 Å². The molecule has 1 aliphatic rings. The molecule has 0 fully saturated rings. The number of benzene rings is 1. The molecule has 0 aromatic heterocycles. The first kappa shape index (κ1) is 19.7. The Bertz CT molecular complexity index is 410. The lowest BCUT2D eigenvalue weighted by atomic mass is 9.78. The van der Waals surface area contributed by atoms with Gasteiger partial charge in [-0.1, -0.05) is 73.1 Å². The van der Waals surface area contributed by atoms with E-state index in [-0.39, 0.29) is 5.41 Å². The summed E-state index contributed by atoms with van der Waals surface area (Å²) in [5, 5.41) is 0. The Morgan fingerprint density at radius 2 is 1.76 bits per heavy atom. The van der Waals surface area contributed by atoms with Gasteiger partial charge in [0.25, 0.3) is 0 Å². The molecular formula is C19H33NO. The van der Waals surface area contributed by atoms with Crippen LogP contribution in [0.1, 0.15) is 66.9 Å². The minimum absolute atomic E-state index is 0.191. The second-order valence-electron chi connectivity index (χ2n) is 6.25. The van der Waals surface area contributed by atoms with Crippen LogP contribution in [0.15, 0.2) is 24.3 Å². The van der Waals surface area contributed by atoms with Crippen LogP contribution in [0.25, 0.3) is 0 Å². The van der Waals surface area contributed by atoms with E-state index in [9.17, 15) is 4.79 Å². The third kappa shape index (κ3) is 5.91. The average molecular weight is 291 g/mol. The predicted octanol–water partition coefficient (Wildman–Crippen LogP) is 5.41. The van der Waals surface area contributed by atoms with Crippen molar-refractivity contribution >= 4 is 12.1 Å². The quantitative estimate of drug-likeness (QED) is 0.667. The molecule has 0 saturated heterocycles. The SMILES string of the molecule is CC.CC1(C)CCN(C=O)c2ccccc21.CCC(C)C. The molecule has 0 spiro atoms. The van der Waals surface area contributed by atoms with Crippen molar-refractivity contribution in [2.45, 2.75) is 66.7 Å². The van der Waals surface area contributed by atoms with Crippen molar-refractivity contribution in [2.24, 2.45) is 5.92 Å². The molecule has 0 saturated carbocycles. The Morgan fingerprint density at radius 3 is 2.24 bits per heavy atom. The largest absolute Gasteiger partial charge is 0.315 e. The summed E-state index contributed by atoms with van der Waals surface area (Å²) < 4.78 is 0. The maximum Gasteiger partial charge on any atom is 0.214 e. The zero-order chi connectivity index (χ0) is 16.5. The van der Waals surface area contributed by atoms with Crippen LogP contribution in [-0.4, -0.2) is 13.0 Å². The highest BCUT2D eigenvalue weighted by Crippen LogP contribution is 2.38. The summed E-state index contributed by atoms with van der Waals surface area (Å²) in [5.74, 6) is 0.884. The molecule has 0 unspecified atom stereocenters. The molecule has 2 nitrogen and oxygen atoms in total. The summed E-state index contributed by atoms with van der Waals surface area (Å²) in [6, 6.07) is 8.15. The third-order valence-electron chi connectivity index (χ3n) is 3.86. The Morgan fingerprint density at radius 1 is 1.24 bits per heavy atom. The number of carbonyl (C=O) groups excluding carboxylic acids is 1. The molecular weight excluding hydrogens is 258 g/mol. The monoisotopic (exact) mass is 291 g/mol. The summed E-state index contributed by atoms with van der Waals surface area (Å²) >= 11 is 0. The number of rotatable bonds is 2. The highest BCUT2D eigenvalue weighted by atomic mass is 16.1. The van der Waals surface area contributed by atoms with Gasteiger partial charge < -0.3 is 4.90 Å². The van der Waals surface area contributed by atoms with E-state index >= 15 is 0 Å². The van der Waals surface area contributed by atoms with Gasteiger partial charge in [-0.3, -0.25) is 4.79 Å². The molecule has 1 heterocycles.